The smallest absolute Gasteiger partial charge is 0.252 e. The van der Waals surface area contributed by atoms with Gasteiger partial charge in [0.1, 0.15) is 0 Å². The number of rotatable bonds is 5. The number of thiophene rings is 1. The van der Waals surface area contributed by atoms with E-state index in [1.807, 2.05) is 11.3 Å². The fourth-order valence-electron chi connectivity index (χ4n) is 18.5. The molecule has 2 nitrogen and oxygen atoms in total. The molecule has 0 N–H and O–H groups in total. The summed E-state index contributed by atoms with van der Waals surface area (Å²) in [4.78, 5) is 5.49. The van der Waals surface area contributed by atoms with E-state index in [0.717, 1.165) is 19.3 Å². The van der Waals surface area contributed by atoms with E-state index in [1.54, 1.807) is 11.1 Å². The van der Waals surface area contributed by atoms with E-state index in [-0.39, 0.29) is 44.6 Å². The highest BCUT2D eigenvalue weighted by molar-refractivity contribution is 7.26. The molecule has 0 amide bonds. The largest absolute Gasteiger partial charge is 0.311 e. The van der Waals surface area contributed by atoms with Crippen molar-refractivity contribution in [2.75, 3.05) is 9.80 Å². The summed E-state index contributed by atoms with van der Waals surface area (Å²) in [7, 11) is 0. The maximum absolute atomic E-state index is 2.75. The lowest BCUT2D eigenvalue weighted by Crippen LogP contribution is -2.62. The van der Waals surface area contributed by atoms with Gasteiger partial charge in [0.25, 0.3) is 6.71 Å². The Morgan fingerprint density at radius 1 is 0.524 bits per heavy atom. The van der Waals surface area contributed by atoms with E-state index >= 15 is 0 Å². The zero-order valence-electron chi connectivity index (χ0n) is 51.7. The summed E-state index contributed by atoms with van der Waals surface area (Å²) in [6.07, 6.45) is 8.54. The number of anilines is 6. The van der Waals surface area contributed by atoms with Gasteiger partial charge in [-0.3, -0.25) is 0 Å². The minimum atomic E-state index is -0.209. The number of aryl methyl sites for hydroxylation is 3. The van der Waals surface area contributed by atoms with Crippen LogP contribution in [0.1, 0.15) is 201 Å². The molecule has 15 rings (SSSR count). The van der Waals surface area contributed by atoms with Gasteiger partial charge in [0.2, 0.25) is 0 Å². The number of hydrogen-bond acceptors (Lipinski definition) is 3. The molecule has 9 aromatic rings. The molecule has 1 aromatic heterocycles. The van der Waals surface area contributed by atoms with Crippen molar-refractivity contribution >= 4 is 88.7 Å². The molecule has 0 bridgehead atoms. The first kappa shape index (κ1) is 52.4. The fourth-order valence-corrected chi connectivity index (χ4v) is 19.7. The summed E-state index contributed by atoms with van der Waals surface area (Å²) in [5, 5.41) is 2.67. The second-order valence-electron chi connectivity index (χ2n) is 30.4. The lowest BCUT2D eigenvalue weighted by molar-refractivity contribution is 0.0763. The third-order valence-corrected chi connectivity index (χ3v) is 24.1. The minimum absolute atomic E-state index is 0.00540. The number of nitrogens with zero attached hydrogens (tertiary/aromatic N) is 2. The Morgan fingerprint density at radius 2 is 1.15 bits per heavy atom. The Labute approximate surface area is 494 Å². The minimum Gasteiger partial charge on any atom is -0.311 e. The zero-order valence-corrected chi connectivity index (χ0v) is 52.5. The monoisotopic (exact) mass is 1090 g/mol. The van der Waals surface area contributed by atoms with Crippen LogP contribution in [0, 0.1) is 19.3 Å². The van der Waals surface area contributed by atoms with Gasteiger partial charge in [-0.2, -0.15) is 0 Å². The highest BCUT2D eigenvalue weighted by Gasteiger charge is 2.58. The third-order valence-electron chi connectivity index (χ3n) is 22.8. The van der Waals surface area contributed by atoms with Crippen LogP contribution < -0.4 is 26.2 Å². The molecule has 0 saturated heterocycles. The van der Waals surface area contributed by atoms with Crippen molar-refractivity contribution in [2.24, 2.45) is 5.41 Å². The van der Waals surface area contributed by atoms with Crippen LogP contribution in [-0.4, -0.2) is 6.71 Å². The van der Waals surface area contributed by atoms with E-state index in [2.05, 4.69) is 253 Å². The summed E-state index contributed by atoms with van der Waals surface area (Å²) < 4.78 is 2.68. The first-order chi connectivity index (χ1) is 38.8. The van der Waals surface area contributed by atoms with Crippen LogP contribution in [0.5, 0.6) is 0 Å². The number of fused-ring (bicyclic) bond motifs is 13. The highest BCUT2D eigenvalue weighted by atomic mass is 32.1. The lowest BCUT2D eigenvalue weighted by Gasteiger charge is -2.49. The molecule has 82 heavy (non-hydrogen) atoms. The molecule has 2 aliphatic heterocycles. The SMILES string of the molecule is Cc1cc2c3c(c1)N(c1cccc4c1sc1ccccc14)c1cc(CCC4c5ccc(C(C)(C)C)cc5C5(C)CCCCC45C)ccc1B3c1cc3c(cc1N2c1cc2c(cc1C)C(C)(C)CC2(C)C)C(C)(C)c1ccccc1C3(C)C. The van der Waals surface area contributed by atoms with Gasteiger partial charge in [0, 0.05) is 54.7 Å². The second-order valence-corrected chi connectivity index (χ2v) is 31.5. The molecule has 4 aliphatic carbocycles. The molecule has 8 aromatic carbocycles. The Morgan fingerprint density at radius 3 is 1.87 bits per heavy atom. The van der Waals surface area contributed by atoms with Crippen LogP contribution in [0.3, 0.4) is 0 Å². The Balaban J connectivity index is 0.979. The van der Waals surface area contributed by atoms with Gasteiger partial charge in [-0.05, 0) is 205 Å². The van der Waals surface area contributed by atoms with E-state index in [1.165, 1.54) is 152 Å². The molecule has 1 fully saturated rings. The van der Waals surface area contributed by atoms with Crippen molar-refractivity contribution in [2.45, 2.75) is 187 Å². The molecule has 3 unspecified atom stereocenters. The molecular formula is C78H83BN2S. The molecule has 414 valence electrons. The van der Waals surface area contributed by atoms with E-state index in [0.29, 0.717) is 5.92 Å². The molecule has 0 spiro atoms. The quantitative estimate of drug-likeness (QED) is 0.159. The average molecular weight is 1090 g/mol. The van der Waals surface area contributed by atoms with E-state index < -0.39 is 0 Å². The molecule has 6 aliphatic rings. The Hall–Kier alpha value is -6.36. The van der Waals surface area contributed by atoms with Crippen LogP contribution in [0.4, 0.5) is 34.1 Å². The summed E-state index contributed by atoms with van der Waals surface area (Å²) in [6.45, 7) is 37.0. The van der Waals surface area contributed by atoms with Crippen molar-refractivity contribution in [3.05, 3.63) is 206 Å². The normalized spacial score (nSPS) is 22.7. The molecule has 3 atom stereocenters. The van der Waals surface area contributed by atoms with Gasteiger partial charge in [-0.15, -0.1) is 11.3 Å². The van der Waals surface area contributed by atoms with Crippen molar-refractivity contribution in [3.63, 3.8) is 0 Å². The van der Waals surface area contributed by atoms with Crippen molar-refractivity contribution < 1.29 is 0 Å². The molecule has 3 heterocycles. The van der Waals surface area contributed by atoms with Gasteiger partial charge in [0.05, 0.1) is 10.4 Å². The van der Waals surface area contributed by atoms with Crippen molar-refractivity contribution in [3.8, 4) is 0 Å². The molecule has 1 saturated carbocycles. The zero-order chi connectivity index (χ0) is 57.2. The molecule has 0 radical (unpaired) electrons. The number of hydrogen-bond donors (Lipinski definition) is 0. The van der Waals surface area contributed by atoms with Crippen LogP contribution >= 0.6 is 11.3 Å². The van der Waals surface area contributed by atoms with Crippen LogP contribution in [-0.2, 0) is 38.9 Å². The first-order valence-corrected chi connectivity index (χ1v) is 32.0. The highest BCUT2D eigenvalue weighted by Crippen LogP contribution is 2.67. The van der Waals surface area contributed by atoms with E-state index in [4.69, 9.17) is 0 Å². The van der Waals surface area contributed by atoms with Crippen molar-refractivity contribution in [1.29, 1.82) is 0 Å². The Kier molecular flexibility index (Phi) is 11.0. The maximum Gasteiger partial charge on any atom is 0.252 e. The third kappa shape index (κ3) is 7.06. The van der Waals surface area contributed by atoms with Crippen LogP contribution in [0.2, 0.25) is 0 Å². The van der Waals surface area contributed by atoms with E-state index in [9.17, 15) is 0 Å². The summed E-state index contributed by atoms with van der Waals surface area (Å²) >= 11 is 1.95. The van der Waals surface area contributed by atoms with Crippen LogP contribution in [0.25, 0.3) is 20.2 Å². The summed E-state index contributed by atoms with van der Waals surface area (Å²) in [6, 6.07) is 56.7. The Bertz CT molecular complexity index is 4230. The first-order valence-electron chi connectivity index (χ1n) is 31.2. The molecular weight excluding hydrogens is 1010 g/mol. The van der Waals surface area contributed by atoms with Gasteiger partial charge >= 0.3 is 0 Å². The van der Waals surface area contributed by atoms with Gasteiger partial charge in [-0.1, -0.05) is 200 Å². The fraction of sp³-hybridized carbons (Fsp3) is 0.385. The predicted molar refractivity (Wildman–Crippen MR) is 354 cm³/mol. The average Bonchev–Trinajstić information content (AvgIpc) is 4.11. The summed E-state index contributed by atoms with van der Waals surface area (Å²) in [5.74, 6) is 0.506. The summed E-state index contributed by atoms with van der Waals surface area (Å²) in [5.41, 5.74) is 29.8. The molecule has 4 heteroatoms. The standard InChI is InChI=1S/C78H83BN2S/c1-46-37-67-70-68(38-46)81(64-43-58-57(39-47(64)2)73(6,7)45-74(58,8)9)66-44-60-59(75(10,11)54-25-17-18-26-55(54)76(60,12)13)42-62(66)79(70)61-34-30-48(40-65(61)80(67)63-27-22-24-51-50-23-16-19-28-69(50)82-71(51)63)29-33-53-52-32-31-49(72(3,4)5)41-56(52)78(15)36-21-20-35-77(53,78)14/h16-19,22-28,30-32,34,37-44,53H,20-21,29,33,35-36,45H2,1-15H3. The number of benzene rings is 8. The second kappa shape index (κ2) is 17.1. The van der Waals surface area contributed by atoms with Gasteiger partial charge in [0.15, 0.2) is 0 Å². The van der Waals surface area contributed by atoms with Crippen molar-refractivity contribution in [1.82, 2.24) is 0 Å². The van der Waals surface area contributed by atoms with Crippen LogP contribution in [0.15, 0.2) is 140 Å². The predicted octanol–water partition coefficient (Wildman–Crippen LogP) is 19.5. The van der Waals surface area contributed by atoms with Gasteiger partial charge in [-0.25, -0.2) is 0 Å². The topological polar surface area (TPSA) is 6.48 Å². The van der Waals surface area contributed by atoms with Gasteiger partial charge < -0.3 is 9.80 Å². The lowest BCUT2D eigenvalue weighted by atomic mass is 9.33. The maximum atomic E-state index is 2.75.